The highest BCUT2D eigenvalue weighted by molar-refractivity contribution is 7.85. The summed E-state index contributed by atoms with van der Waals surface area (Å²) in [6.07, 6.45) is 30.0. The molecule has 0 saturated carbocycles. The SMILES string of the molecule is CCCCCCCCCCCCCCCOOOC(O)CS(=O)CC(O)OOOCCCCCCCCCCCCCCC. The van der Waals surface area contributed by atoms with Crippen LogP contribution >= 0.6 is 0 Å². The van der Waals surface area contributed by atoms with Gasteiger partial charge in [0.25, 0.3) is 0 Å². The summed E-state index contributed by atoms with van der Waals surface area (Å²) >= 11 is 0. The van der Waals surface area contributed by atoms with Gasteiger partial charge in [0.05, 0.1) is 24.7 Å². The molecule has 0 aromatic carbocycles. The molecule has 0 aliphatic carbocycles. The molecular formula is C34H70O9S. The molecule has 0 amide bonds. The molecule has 0 rings (SSSR count). The number of hydrogen-bond donors (Lipinski definition) is 2. The highest BCUT2D eigenvalue weighted by Gasteiger charge is 2.17. The maximum absolute atomic E-state index is 12.0. The first-order chi connectivity index (χ1) is 21.6. The van der Waals surface area contributed by atoms with Crippen molar-refractivity contribution in [2.75, 3.05) is 24.7 Å². The second-order valence-electron chi connectivity index (χ2n) is 12.1. The maximum Gasteiger partial charge on any atom is 0.203 e. The van der Waals surface area contributed by atoms with Crippen molar-refractivity contribution >= 4 is 10.8 Å². The lowest BCUT2D eigenvalue weighted by atomic mass is 10.0. The predicted octanol–water partition coefficient (Wildman–Crippen LogP) is 9.31. The van der Waals surface area contributed by atoms with Crippen LogP contribution in [0, 0.1) is 0 Å². The first kappa shape index (κ1) is 43.8. The summed E-state index contributed by atoms with van der Waals surface area (Å²) in [6.45, 7) is 5.22. The van der Waals surface area contributed by atoms with Crippen LogP contribution < -0.4 is 0 Å². The van der Waals surface area contributed by atoms with E-state index in [1.54, 1.807) is 0 Å². The van der Waals surface area contributed by atoms with Gasteiger partial charge in [0.15, 0.2) is 0 Å². The van der Waals surface area contributed by atoms with Crippen LogP contribution in [0.2, 0.25) is 0 Å². The summed E-state index contributed by atoms with van der Waals surface area (Å²) < 4.78 is 12.0. The Kier molecular flexibility index (Phi) is 37.1. The van der Waals surface area contributed by atoms with Crippen molar-refractivity contribution in [3.8, 4) is 0 Å². The van der Waals surface area contributed by atoms with Gasteiger partial charge in [-0.15, -0.1) is 0 Å². The number of unbranched alkanes of at least 4 members (excludes halogenated alkanes) is 24. The van der Waals surface area contributed by atoms with E-state index in [4.69, 9.17) is 9.78 Å². The first-order valence-electron chi connectivity index (χ1n) is 18.2. The van der Waals surface area contributed by atoms with E-state index in [9.17, 15) is 14.4 Å². The zero-order valence-electron chi connectivity index (χ0n) is 28.5. The van der Waals surface area contributed by atoms with Crippen molar-refractivity contribution in [1.82, 2.24) is 0 Å². The second kappa shape index (κ2) is 37.3. The van der Waals surface area contributed by atoms with Gasteiger partial charge >= 0.3 is 0 Å². The second-order valence-corrected chi connectivity index (χ2v) is 13.7. The molecule has 0 aliphatic heterocycles. The van der Waals surface area contributed by atoms with E-state index < -0.39 is 23.4 Å². The van der Waals surface area contributed by atoms with Gasteiger partial charge in [0.2, 0.25) is 12.6 Å². The summed E-state index contributed by atoms with van der Waals surface area (Å²) in [6, 6.07) is 0. The van der Waals surface area contributed by atoms with Gasteiger partial charge in [-0.1, -0.05) is 178 Å². The monoisotopic (exact) mass is 654 g/mol. The summed E-state index contributed by atoms with van der Waals surface area (Å²) in [5.74, 6) is -0.551. The van der Waals surface area contributed by atoms with E-state index in [0.29, 0.717) is 13.2 Å². The topological polar surface area (TPSA) is 113 Å². The quantitative estimate of drug-likeness (QED) is 0.0291. The van der Waals surface area contributed by atoms with Crippen LogP contribution in [0.3, 0.4) is 0 Å². The first-order valence-corrected chi connectivity index (χ1v) is 19.7. The van der Waals surface area contributed by atoms with E-state index in [1.165, 1.54) is 141 Å². The lowest BCUT2D eigenvalue weighted by Crippen LogP contribution is -2.27. The van der Waals surface area contributed by atoms with E-state index in [2.05, 4.69) is 33.7 Å². The minimum Gasteiger partial charge on any atom is -0.365 e. The Labute approximate surface area is 272 Å². The molecule has 44 heavy (non-hydrogen) atoms. The summed E-state index contributed by atoms with van der Waals surface area (Å²) in [4.78, 5) is 19.2. The van der Waals surface area contributed by atoms with Gasteiger partial charge < -0.3 is 10.2 Å². The third-order valence-electron chi connectivity index (χ3n) is 7.72. The minimum atomic E-state index is -1.64. The lowest BCUT2D eigenvalue weighted by Gasteiger charge is -2.12. The molecule has 0 heterocycles. The Balaban J connectivity index is 3.37. The van der Waals surface area contributed by atoms with Crippen LogP contribution in [0.5, 0.6) is 0 Å². The van der Waals surface area contributed by atoms with Gasteiger partial charge in [-0.05, 0) is 12.8 Å². The number of aliphatic hydroxyl groups is 2. The van der Waals surface area contributed by atoms with Crippen LogP contribution in [-0.2, 0) is 40.4 Å². The molecule has 0 aliphatic rings. The van der Waals surface area contributed by atoms with Crippen LogP contribution in [0.1, 0.15) is 181 Å². The van der Waals surface area contributed by atoms with Crippen molar-refractivity contribution in [2.24, 2.45) is 0 Å². The molecule has 2 unspecified atom stereocenters. The summed E-state index contributed by atoms with van der Waals surface area (Å²) in [5.41, 5.74) is 0. The molecule has 10 heteroatoms. The van der Waals surface area contributed by atoms with E-state index in [0.717, 1.165) is 25.7 Å². The largest absolute Gasteiger partial charge is 0.365 e. The molecule has 0 saturated heterocycles. The molecule has 0 spiro atoms. The normalized spacial score (nSPS) is 13.8. The van der Waals surface area contributed by atoms with Crippen LogP contribution in [0.4, 0.5) is 0 Å². The summed E-state index contributed by atoms with van der Waals surface area (Å²) in [5, 5.41) is 28.6. The van der Waals surface area contributed by atoms with Gasteiger partial charge in [-0.2, -0.15) is 9.78 Å². The average molecular weight is 655 g/mol. The zero-order chi connectivity index (χ0) is 32.2. The number of aliphatic hydroxyl groups excluding tert-OH is 2. The van der Waals surface area contributed by atoms with Crippen molar-refractivity contribution < 1.29 is 44.0 Å². The predicted molar refractivity (Wildman–Crippen MR) is 178 cm³/mol. The fourth-order valence-electron chi connectivity index (χ4n) is 5.01. The Morgan fingerprint density at radius 1 is 0.432 bits per heavy atom. The standard InChI is InChI=1S/C34H70O9S/c1-3-5-7-9-11-13-15-17-19-21-23-25-27-29-38-42-40-33(35)31-44(37)32-34(36)41-43-39-30-28-26-24-22-20-18-16-14-12-10-8-6-4-2/h33-36H,3-32H2,1-2H3. The van der Waals surface area contributed by atoms with Gasteiger partial charge in [0, 0.05) is 10.8 Å². The number of hydrogen-bond acceptors (Lipinski definition) is 9. The Bertz CT molecular complexity index is 525. The molecule has 2 N–H and O–H groups in total. The molecule has 0 fully saturated rings. The maximum atomic E-state index is 12.0. The smallest absolute Gasteiger partial charge is 0.203 e. The van der Waals surface area contributed by atoms with Crippen LogP contribution in [0.25, 0.3) is 0 Å². The third kappa shape index (κ3) is 36.3. The lowest BCUT2D eigenvalue weighted by molar-refractivity contribution is -0.542. The Morgan fingerprint density at radius 2 is 0.682 bits per heavy atom. The van der Waals surface area contributed by atoms with Crippen LogP contribution in [0.15, 0.2) is 0 Å². The zero-order valence-corrected chi connectivity index (χ0v) is 29.3. The van der Waals surface area contributed by atoms with Crippen molar-refractivity contribution in [3.63, 3.8) is 0 Å². The highest BCUT2D eigenvalue weighted by Crippen LogP contribution is 2.14. The molecular weight excluding hydrogens is 584 g/mol. The van der Waals surface area contributed by atoms with E-state index >= 15 is 0 Å². The fraction of sp³-hybridized carbons (Fsp3) is 1.00. The minimum absolute atomic E-state index is 0.275. The highest BCUT2D eigenvalue weighted by atomic mass is 32.2. The fourth-order valence-corrected chi connectivity index (χ4v) is 5.90. The van der Waals surface area contributed by atoms with Gasteiger partial charge in [-0.25, -0.2) is 9.78 Å². The van der Waals surface area contributed by atoms with Crippen molar-refractivity contribution in [1.29, 1.82) is 0 Å². The molecule has 0 aromatic heterocycles. The molecule has 2 atom stereocenters. The average Bonchev–Trinajstić information content (AvgIpc) is 3.00. The number of rotatable bonds is 38. The third-order valence-corrected chi connectivity index (χ3v) is 9.03. The molecule has 0 radical (unpaired) electrons. The van der Waals surface area contributed by atoms with Crippen LogP contribution in [-0.4, -0.2) is 51.7 Å². The summed E-state index contributed by atoms with van der Waals surface area (Å²) in [7, 11) is -1.64. The molecule has 9 nitrogen and oxygen atoms in total. The van der Waals surface area contributed by atoms with Gasteiger partial charge in [0.1, 0.15) is 0 Å². The Morgan fingerprint density at radius 3 is 0.955 bits per heavy atom. The van der Waals surface area contributed by atoms with Crippen molar-refractivity contribution in [2.45, 2.75) is 193 Å². The Hall–Kier alpha value is -0.170. The van der Waals surface area contributed by atoms with E-state index in [1.807, 2.05) is 0 Å². The van der Waals surface area contributed by atoms with Crippen molar-refractivity contribution in [3.05, 3.63) is 0 Å². The molecule has 266 valence electrons. The molecule has 0 aromatic rings. The van der Waals surface area contributed by atoms with E-state index in [-0.39, 0.29) is 11.5 Å². The van der Waals surface area contributed by atoms with Gasteiger partial charge in [-0.3, -0.25) is 4.21 Å². The molecule has 0 bridgehead atoms.